The number of aryl methyl sites for hydroxylation is 1. The van der Waals surface area contributed by atoms with Gasteiger partial charge in [-0.1, -0.05) is 18.0 Å². The zero-order valence-electron chi connectivity index (χ0n) is 20.5. The minimum atomic E-state index is -2.99. The third-order valence-corrected chi connectivity index (χ3v) is 8.16. The van der Waals surface area contributed by atoms with Crippen molar-refractivity contribution in [3.63, 3.8) is 0 Å². The van der Waals surface area contributed by atoms with Crippen molar-refractivity contribution < 1.29 is 22.8 Å². The van der Waals surface area contributed by atoms with Gasteiger partial charge in [-0.15, -0.1) is 0 Å². The summed E-state index contributed by atoms with van der Waals surface area (Å²) in [5.74, 6) is -0.358. The van der Waals surface area contributed by atoms with Crippen LogP contribution in [-0.4, -0.2) is 52.0 Å². The van der Waals surface area contributed by atoms with Crippen LogP contribution in [0.25, 0.3) is 0 Å². The van der Waals surface area contributed by atoms with Gasteiger partial charge < -0.3 is 14.2 Å². The minimum Gasteiger partial charge on any atom is -0.483 e. The highest BCUT2D eigenvalue weighted by Gasteiger charge is 2.62. The topological polar surface area (TPSA) is 81.4 Å². The number of aromatic nitrogens is 3. The van der Waals surface area contributed by atoms with Crippen LogP contribution >= 0.6 is 0 Å². The van der Waals surface area contributed by atoms with Crippen molar-refractivity contribution in [2.24, 2.45) is 17.8 Å². The number of fused-ring (bicyclic) bond motifs is 1. The first-order valence-electron chi connectivity index (χ1n) is 12.7. The average Bonchev–Trinajstić information content (AvgIpc) is 3.16. The lowest BCUT2D eigenvalue weighted by molar-refractivity contribution is -0.122. The molecule has 9 heteroatoms. The Morgan fingerprint density at radius 1 is 1.23 bits per heavy atom. The number of hydrogen-bond acceptors (Lipinski definition) is 7. The van der Waals surface area contributed by atoms with E-state index in [4.69, 9.17) is 9.26 Å². The minimum absolute atomic E-state index is 0.0765. The van der Waals surface area contributed by atoms with Gasteiger partial charge in [0.05, 0.1) is 18.1 Å². The van der Waals surface area contributed by atoms with Gasteiger partial charge in [-0.25, -0.2) is 9.97 Å². The van der Waals surface area contributed by atoms with Crippen LogP contribution in [0.15, 0.2) is 23.0 Å². The number of likely N-dealkylation sites (tertiary alicyclic amines) is 1. The molecule has 2 atom stereocenters. The Balaban J connectivity index is 1.00. The Kier molecular flexibility index (Phi) is 6.63. The largest absolute Gasteiger partial charge is 0.483 e. The summed E-state index contributed by atoms with van der Waals surface area (Å²) in [6, 6.07) is 1.46. The molecule has 3 heterocycles. The number of halogens is 2. The Morgan fingerprint density at radius 3 is 2.63 bits per heavy atom. The van der Waals surface area contributed by atoms with Crippen LogP contribution in [0.5, 0.6) is 5.75 Å². The number of Topliss-reactive ketones (excluding diaryl/α,β-unsaturated/α-hetero) is 1. The molecule has 2 aromatic heterocycles. The van der Waals surface area contributed by atoms with Crippen molar-refractivity contribution in [1.82, 2.24) is 20.0 Å². The van der Waals surface area contributed by atoms with E-state index < -0.39 is 5.92 Å². The van der Waals surface area contributed by atoms with E-state index in [2.05, 4.69) is 20.0 Å². The van der Waals surface area contributed by atoms with Gasteiger partial charge in [0, 0.05) is 37.9 Å². The first kappa shape index (κ1) is 24.3. The third kappa shape index (κ3) is 5.55. The molecule has 0 unspecified atom stereocenters. The monoisotopic (exact) mass is 488 g/mol. The lowest BCUT2D eigenvalue weighted by Crippen LogP contribution is -2.29. The molecule has 2 aromatic rings. The van der Waals surface area contributed by atoms with Crippen LogP contribution in [0.4, 0.5) is 8.78 Å². The number of alkyl halides is 2. The summed E-state index contributed by atoms with van der Waals surface area (Å²) in [7, 11) is 0. The summed E-state index contributed by atoms with van der Waals surface area (Å²) in [4.78, 5) is 23.0. The predicted molar refractivity (Wildman–Crippen MR) is 124 cm³/mol. The van der Waals surface area contributed by atoms with Gasteiger partial charge in [0.1, 0.15) is 12.4 Å². The second-order valence-corrected chi connectivity index (χ2v) is 10.9. The lowest BCUT2D eigenvalue weighted by Gasteiger charge is -2.30. The van der Waals surface area contributed by atoms with E-state index >= 15 is 0 Å². The van der Waals surface area contributed by atoms with Crippen molar-refractivity contribution in [1.29, 1.82) is 0 Å². The SMILES string of the molecule is Cc1ncc(OCC(=O)CC2CCC(CCN3C[C@@H]4C[C@]4(c4cc(C(C)(F)F)on4)C3)CC2)cn1. The van der Waals surface area contributed by atoms with Gasteiger partial charge in [-0.05, 0) is 56.9 Å². The standard InChI is InChI=1S/C26H34F2N4O3/c1-17-29-12-22(13-30-17)34-15-21(33)9-19-5-3-18(4-6-19)7-8-32-14-20-11-26(20,16-32)23-10-24(35-31-23)25(2,27)28/h10,12-13,18-20H,3-9,11,14-16H2,1-2H3/t18?,19?,20-,26-/m0/s1. The van der Waals surface area contributed by atoms with Crippen LogP contribution in [-0.2, 0) is 16.1 Å². The summed E-state index contributed by atoms with van der Waals surface area (Å²) < 4.78 is 37.6. The van der Waals surface area contributed by atoms with Crippen LogP contribution in [0.2, 0.25) is 0 Å². The fourth-order valence-corrected chi connectivity index (χ4v) is 5.96. The maximum Gasteiger partial charge on any atom is 0.304 e. The first-order valence-corrected chi connectivity index (χ1v) is 12.7. The molecule has 0 radical (unpaired) electrons. The summed E-state index contributed by atoms with van der Waals surface area (Å²) in [5.41, 5.74) is 0.614. The van der Waals surface area contributed by atoms with Crippen molar-refractivity contribution in [3.05, 3.63) is 35.7 Å². The molecule has 2 saturated carbocycles. The van der Waals surface area contributed by atoms with E-state index in [0.717, 1.165) is 65.1 Å². The van der Waals surface area contributed by atoms with Crippen LogP contribution in [0.1, 0.15) is 69.1 Å². The zero-order valence-corrected chi connectivity index (χ0v) is 20.5. The molecule has 0 amide bonds. The van der Waals surface area contributed by atoms with Gasteiger partial charge in [-0.2, -0.15) is 8.78 Å². The van der Waals surface area contributed by atoms with E-state index in [9.17, 15) is 13.6 Å². The molecular formula is C26H34F2N4O3. The van der Waals surface area contributed by atoms with Crippen molar-refractivity contribution >= 4 is 5.78 Å². The molecule has 2 aliphatic carbocycles. The van der Waals surface area contributed by atoms with E-state index in [-0.39, 0.29) is 23.6 Å². The zero-order chi connectivity index (χ0) is 24.6. The molecule has 5 rings (SSSR count). The summed E-state index contributed by atoms with van der Waals surface area (Å²) in [5, 5.41) is 4.00. The molecular weight excluding hydrogens is 454 g/mol. The van der Waals surface area contributed by atoms with E-state index in [0.29, 0.717) is 41.4 Å². The Bertz CT molecular complexity index is 1030. The molecule has 35 heavy (non-hydrogen) atoms. The number of carbonyl (C=O) groups excluding carboxylic acids is 1. The molecule has 3 fully saturated rings. The quantitative estimate of drug-likeness (QED) is 0.480. The smallest absolute Gasteiger partial charge is 0.304 e. The first-order chi connectivity index (χ1) is 16.7. The number of nitrogens with zero attached hydrogens (tertiary/aromatic N) is 4. The van der Waals surface area contributed by atoms with Crippen molar-refractivity contribution in [3.8, 4) is 5.75 Å². The van der Waals surface area contributed by atoms with Crippen molar-refractivity contribution in [2.45, 2.75) is 70.1 Å². The van der Waals surface area contributed by atoms with Gasteiger partial charge in [-0.3, -0.25) is 4.79 Å². The number of carbonyl (C=O) groups is 1. The van der Waals surface area contributed by atoms with Gasteiger partial charge in [0.25, 0.3) is 0 Å². The van der Waals surface area contributed by atoms with E-state index in [1.165, 1.54) is 6.07 Å². The number of rotatable bonds is 10. The molecule has 0 N–H and O–H groups in total. The molecule has 190 valence electrons. The number of hydrogen-bond donors (Lipinski definition) is 0. The van der Waals surface area contributed by atoms with Crippen LogP contribution < -0.4 is 4.74 Å². The number of piperidine rings is 1. The maximum atomic E-state index is 13.5. The highest BCUT2D eigenvalue weighted by Crippen LogP contribution is 2.59. The molecule has 1 saturated heterocycles. The molecule has 0 aromatic carbocycles. The summed E-state index contributed by atoms with van der Waals surface area (Å²) in [6.45, 7) is 5.66. The molecule has 0 bridgehead atoms. The number of ketones is 1. The van der Waals surface area contributed by atoms with E-state index in [1.54, 1.807) is 12.4 Å². The van der Waals surface area contributed by atoms with Gasteiger partial charge >= 0.3 is 5.92 Å². The fourth-order valence-electron chi connectivity index (χ4n) is 5.96. The van der Waals surface area contributed by atoms with Crippen molar-refractivity contribution in [2.75, 3.05) is 26.2 Å². The molecule has 7 nitrogen and oxygen atoms in total. The highest BCUT2D eigenvalue weighted by molar-refractivity contribution is 5.80. The molecule has 1 aliphatic heterocycles. The van der Waals surface area contributed by atoms with Gasteiger partial charge in [0.2, 0.25) is 5.76 Å². The second kappa shape index (κ2) is 9.56. The fraction of sp³-hybridized carbons (Fsp3) is 0.692. The molecule has 3 aliphatic rings. The third-order valence-electron chi connectivity index (χ3n) is 8.16. The maximum absolute atomic E-state index is 13.5. The predicted octanol–water partition coefficient (Wildman–Crippen LogP) is 4.69. The summed E-state index contributed by atoms with van der Waals surface area (Å²) in [6.07, 6.45) is 10.4. The summed E-state index contributed by atoms with van der Waals surface area (Å²) >= 11 is 0. The number of ether oxygens (including phenoxy) is 1. The second-order valence-electron chi connectivity index (χ2n) is 10.9. The highest BCUT2D eigenvalue weighted by atomic mass is 19.3. The lowest BCUT2D eigenvalue weighted by atomic mass is 9.78. The van der Waals surface area contributed by atoms with Crippen LogP contribution in [0, 0.1) is 24.7 Å². The Morgan fingerprint density at radius 2 is 1.94 bits per heavy atom. The normalized spacial score (nSPS) is 28.6. The Hall–Kier alpha value is -2.42. The van der Waals surface area contributed by atoms with Crippen LogP contribution in [0.3, 0.4) is 0 Å². The average molecular weight is 489 g/mol. The van der Waals surface area contributed by atoms with E-state index in [1.807, 2.05) is 6.92 Å². The Labute approximate surface area is 204 Å². The molecule has 0 spiro atoms. The van der Waals surface area contributed by atoms with Gasteiger partial charge in [0.15, 0.2) is 11.5 Å².